The van der Waals surface area contributed by atoms with Crippen LogP contribution in [0.4, 0.5) is 0 Å². The van der Waals surface area contributed by atoms with E-state index in [0.717, 1.165) is 5.56 Å². The smallest absolute Gasteiger partial charge is 0.262 e. The number of nitrogens with one attached hydrogen (secondary N) is 1. The maximum Gasteiger partial charge on any atom is 0.262 e. The highest BCUT2D eigenvalue weighted by Gasteiger charge is 2.18. The molecule has 1 aromatic rings. The minimum Gasteiger partial charge on any atom is -0.468 e. The number of hydrogen-bond acceptors (Lipinski definition) is 4. The Kier molecular flexibility index (Phi) is 2.28. The van der Waals surface area contributed by atoms with E-state index in [-0.39, 0.29) is 6.10 Å². The number of ether oxygens (including phenoxy) is 1. The first-order valence-corrected chi connectivity index (χ1v) is 4.70. The Morgan fingerprint density at radius 1 is 1.71 bits per heavy atom. The van der Waals surface area contributed by atoms with Crippen molar-refractivity contribution in [3.05, 3.63) is 16.4 Å². The van der Waals surface area contributed by atoms with Gasteiger partial charge < -0.3 is 14.7 Å². The van der Waals surface area contributed by atoms with Crippen LogP contribution in [0.5, 0.6) is 0 Å². The summed E-state index contributed by atoms with van der Waals surface area (Å²) in [6.07, 6.45) is 1.76. The molecule has 0 saturated carbocycles. The SMILES string of the molecule is CC1CON=C(c2c[nH]n(C)c2=S)O1. The van der Waals surface area contributed by atoms with E-state index in [1.54, 1.807) is 10.9 Å². The molecule has 1 aliphatic heterocycles. The van der Waals surface area contributed by atoms with E-state index in [9.17, 15) is 0 Å². The molecule has 5 nitrogen and oxygen atoms in total. The highest BCUT2D eigenvalue weighted by atomic mass is 32.1. The maximum absolute atomic E-state index is 5.49. The van der Waals surface area contributed by atoms with E-state index in [2.05, 4.69) is 10.3 Å². The van der Waals surface area contributed by atoms with Crippen LogP contribution in [0.25, 0.3) is 0 Å². The van der Waals surface area contributed by atoms with Gasteiger partial charge in [-0.2, -0.15) is 0 Å². The van der Waals surface area contributed by atoms with Gasteiger partial charge in [0.15, 0.2) is 6.61 Å². The van der Waals surface area contributed by atoms with E-state index in [0.29, 0.717) is 17.1 Å². The van der Waals surface area contributed by atoms with Crippen molar-refractivity contribution in [2.75, 3.05) is 6.61 Å². The molecule has 14 heavy (non-hydrogen) atoms. The lowest BCUT2D eigenvalue weighted by Gasteiger charge is -2.18. The molecule has 0 aliphatic carbocycles. The fraction of sp³-hybridized carbons (Fsp3) is 0.500. The summed E-state index contributed by atoms with van der Waals surface area (Å²) in [5.41, 5.74) is 0.758. The number of aryl methyl sites for hydroxylation is 1. The molecule has 0 fully saturated rings. The fourth-order valence-electron chi connectivity index (χ4n) is 1.18. The summed E-state index contributed by atoms with van der Waals surface area (Å²) < 4.78 is 7.86. The molecular formula is C8H11N3O2S. The average Bonchev–Trinajstić information content (AvgIpc) is 2.48. The molecule has 0 aromatic carbocycles. The van der Waals surface area contributed by atoms with E-state index >= 15 is 0 Å². The Morgan fingerprint density at radius 2 is 2.50 bits per heavy atom. The van der Waals surface area contributed by atoms with Crippen LogP contribution in [-0.2, 0) is 16.6 Å². The molecule has 0 bridgehead atoms. The summed E-state index contributed by atoms with van der Waals surface area (Å²) in [4.78, 5) is 5.01. The van der Waals surface area contributed by atoms with Gasteiger partial charge in [-0.15, -0.1) is 0 Å². The summed E-state index contributed by atoms with van der Waals surface area (Å²) in [5, 5.41) is 6.76. The molecule has 1 atom stereocenters. The number of aromatic nitrogens is 2. The average molecular weight is 213 g/mol. The number of rotatable bonds is 1. The Balaban J connectivity index is 2.36. The monoisotopic (exact) mass is 213 g/mol. The normalized spacial score (nSPS) is 21.0. The summed E-state index contributed by atoms with van der Waals surface area (Å²) >= 11 is 5.16. The van der Waals surface area contributed by atoms with Crippen LogP contribution < -0.4 is 0 Å². The second-order valence-corrected chi connectivity index (χ2v) is 3.56. The van der Waals surface area contributed by atoms with Gasteiger partial charge in [-0.25, -0.2) is 0 Å². The van der Waals surface area contributed by atoms with Gasteiger partial charge in [0.25, 0.3) is 5.90 Å². The molecule has 1 unspecified atom stereocenters. The molecule has 1 aliphatic rings. The number of hydrogen-bond donors (Lipinski definition) is 1. The van der Waals surface area contributed by atoms with Crippen LogP contribution in [0.2, 0.25) is 0 Å². The van der Waals surface area contributed by atoms with Crippen LogP contribution in [-0.4, -0.2) is 28.4 Å². The minimum atomic E-state index is 0.0112. The van der Waals surface area contributed by atoms with Crippen molar-refractivity contribution in [2.45, 2.75) is 13.0 Å². The quantitative estimate of drug-likeness (QED) is 0.713. The Hall–Kier alpha value is -1.30. The highest BCUT2D eigenvalue weighted by molar-refractivity contribution is 7.71. The molecule has 2 heterocycles. The lowest BCUT2D eigenvalue weighted by molar-refractivity contribution is 0.0196. The van der Waals surface area contributed by atoms with Gasteiger partial charge in [0.05, 0.1) is 5.56 Å². The summed E-state index contributed by atoms with van der Waals surface area (Å²) in [7, 11) is 1.83. The second-order valence-electron chi connectivity index (χ2n) is 3.17. The first-order valence-electron chi connectivity index (χ1n) is 4.30. The lowest BCUT2D eigenvalue weighted by Crippen LogP contribution is -2.25. The number of nitrogens with zero attached hydrogens (tertiary/aromatic N) is 2. The van der Waals surface area contributed by atoms with Gasteiger partial charge in [0, 0.05) is 13.2 Å². The van der Waals surface area contributed by atoms with Crippen LogP contribution in [0.15, 0.2) is 11.4 Å². The molecular weight excluding hydrogens is 202 g/mol. The molecule has 76 valence electrons. The highest BCUT2D eigenvalue weighted by Crippen LogP contribution is 2.11. The third-order valence-electron chi connectivity index (χ3n) is 1.94. The molecule has 0 radical (unpaired) electrons. The molecule has 2 rings (SSSR count). The first kappa shape index (κ1) is 9.26. The molecule has 6 heteroatoms. The van der Waals surface area contributed by atoms with Crippen molar-refractivity contribution >= 4 is 18.1 Å². The van der Waals surface area contributed by atoms with Gasteiger partial charge in [-0.3, -0.25) is 4.68 Å². The Bertz CT molecular complexity index is 420. The lowest BCUT2D eigenvalue weighted by atomic mass is 10.3. The second kappa shape index (κ2) is 3.45. The zero-order chi connectivity index (χ0) is 10.1. The molecule has 1 aromatic heterocycles. The summed E-state index contributed by atoms with van der Waals surface area (Å²) in [6.45, 7) is 2.40. The number of oxime groups is 1. The van der Waals surface area contributed by atoms with Crippen molar-refractivity contribution in [1.82, 2.24) is 9.78 Å². The van der Waals surface area contributed by atoms with Crippen LogP contribution in [0, 0.1) is 4.64 Å². The largest absolute Gasteiger partial charge is 0.468 e. The van der Waals surface area contributed by atoms with Crippen LogP contribution in [0.3, 0.4) is 0 Å². The van der Waals surface area contributed by atoms with Gasteiger partial charge in [-0.05, 0) is 12.1 Å². The third kappa shape index (κ3) is 1.52. The van der Waals surface area contributed by atoms with Gasteiger partial charge in [0.1, 0.15) is 10.7 Å². The molecule has 0 saturated heterocycles. The molecule has 0 amide bonds. The zero-order valence-corrected chi connectivity index (χ0v) is 8.80. The summed E-state index contributed by atoms with van der Waals surface area (Å²) in [6, 6.07) is 0. The zero-order valence-electron chi connectivity index (χ0n) is 7.98. The maximum atomic E-state index is 5.49. The van der Waals surface area contributed by atoms with Crippen LogP contribution >= 0.6 is 12.2 Å². The third-order valence-corrected chi connectivity index (χ3v) is 2.43. The predicted molar refractivity (Wildman–Crippen MR) is 53.6 cm³/mol. The van der Waals surface area contributed by atoms with E-state index < -0.39 is 0 Å². The van der Waals surface area contributed by atoms with Gasteiger partial charge in [0.2, 0.25) is 0 Å². The first-order chi connectivity index (χ1) is 6.68. The van der Waals surface area contributed by atoms with E-state index in [1.807, 2.05) is 14.0 Å². The Morgan fingerprint density at radius 3 is 3.07 bits per heavy atom. The summed E-state index contributed by atoms with van der Waals surface area (Å²) in [5.74, 6) is 0.450. The molecule has 0 spiro atoms. The Labute approximate surface area is 86.3 Å². The topological polar surface area (TPSA) is 51.5 Å². The van der Waals surface area contributed by atoms with Crippen molar-refractivity contribution in [3.8, 4) is 0 Å². The van der Waals surface area contributed by atoms with Crippen LogP contribution in [0.1, 0.15) is 12.5 Å². The fourth-order valence-corrected chi connectivity index (χ4v) is 1.37. The predicted octanol–water partition coefficient (Wildman–Crippen LogP) is 1.18. The van der Waals surface area contributed by atoms with Crippen molar-refractivity contribution in [2.24, 2.45) is 12.2 Å². The van der Waals surface area contributed by atoms with Crippen molar-refractivity contribution in [3.63, 3.8) is 0 Å². The molecule has 1 N–H and O–H groups in total. The minimum absolute atomic E-state index is 0.0112. The van der Waals surface area contributed by atoms with Gasteiger partial charge >= 0.3 is 0 Å². The number of H-pyrrole nitrogens is 1. The van der Waals surface area contributed by atoms with E-state index in [4.69, 9.17) is 21.8 Å². The van der Waals surface area contributed by atoms with Gasteiger partial charge in [-0.1, -0.05) is 12.2 Å². The number of aromatic amines is 1. The van der Waals surface area contributed by atoms with E-state index in [1.165, 1.54) is 0 Å². The van der Waals surface area contributed by atoms with Crippen molar-refractivity contribution < 1.29 is 9.57 Å². The van der Waals surface area contributed by atoms with Crippen molar-refractivity contribution in [1.29, 1.82) is 0 Å². The standard InChI is InChI=1S/C8H11N3O2S/c1-5-4-12-10-7(13-5)6-3-9-11(2)8(6)14/h3,5,9H,4H2,1-2H3.